The van der Waals surface area contributed by atoms with E-state index in [4.69, 9.17) is 5.73 Å². The van der Waals surface area contributed by atoms with Crippen molar-refractivity contribution in [3.05, 3.63) is 41.1 Å². The third-order valence-electron chi connectivity index (χ3n) is 2.97. The first-order valence-electron chi connectivity index (χ1n) is 5.26. The SMILES string of the molecule is CCC([NH-])(CC)c1ccc(C(F)(F)F)cc1. The Bertz CT molecular complexity index is 336. The summed E-state index contributed by atoms with van der Waals surface area (Å²) >= 11 is 0. The van der Waals surface area contributed by atoms with Gasteiger partial charge in [-0.2, -0.15) is 13.2 Å². The van der Waals surface area contributed by atoms with Crippen LogP contribution in [0, 0.1) is 0 Å². The monoisotopic (exact) mass is 230 g/mol. The molecule has 0 saturated carbocycles. The van der Waals surface area contributed by atoms with Gasteiger partial charge in [0.25, 0.3) is 0 Å². The first-order valence-corrected chi connectivity index (χ1v) is 5.26. The largest absolute Gasteiger partial charge is 0.668 e. The summed E-state index contributed by atoms with van der Waals surface area (Å²) in [5.41, 5.74) is 7.31. The molecule has 16 heavy (non-hydrogen) atoms. The average Bonchev–Trinajstić information content (AvgIpc) is 2.27. The van der Waals surface area contributed by atoms with E-state index >= 15 is 0 Å². The molecule has 0 aliphatic rings. The molecular formula is C12H15F3N-. The van der Waals surface area contributed by atoms with Gasteiger partial charge in [-0.15, -0.1) is 5.54 Å². The van der Waals surface area contributed by atoms with E-state index in [1.807, 2.05) is 13.8 Å². The Morgan fingerprint density at radius 2 is 1.31 bits per heavy atom. The molecule has 1 rings (SSSR count). The fraction of sp³-hybridized carbons (Fsp3) is 0.500. The van der Waals surface area contributed by atoms with Gasteiger partial charge in [0.1, 0.15) is 0 Å². The van der Waals surface area contributed by atoms with Gasteiger partial charge in [-0.05, 0) is 12.1 Å². The highest BCUT2D eigenvalue weighted by molar-refractivity contribution is 5.31. The van der Waals surface area contributed by atoms with Gasteiger partial charge in [-0.3, -0.25) is 0 Å². The lowest BCUT2D eigenvalue weighted by atomic mass is 9.85. The summed E-state index contributed by atoms with van der Waals surface area (Å²) in [6.45, 7) is 3.74. The van der Waals surface area contributed by atoms with E-state index < -0.39 is 17.3 Å². The molecule has 0 amide bonds. The third kappa shape index (κ3) is 2.55. The van der Waals surface area contributed by atoms with Crippen molar-refractivity contribution in [3.63, 3.8) is 0 Å². The highest BCUT2D eigenvalue weighted by Gasteiger charge is 2.30. The van der Waals surface area contributed by atoms with Crippen LogP contribution in [0.15, 0.2) is 24.3 Å². The molecule has 0 aliphatic heterocycles. The summed E-state index contributed by atoms with van der Waals surface area (Å²) in [6.07, 6.45) is -3.12. The number of nitrogens with one attached hydrogen (secondary N) is 1. The zero-order valence-corrected chi connectivity index (χ0v) is 9.36. The molecule has 1 aromatic rings. The Morgan fingerprint density at radius 1 is 0.938 bits per heavy atom. The van der Waals surface area contributed by atoms with Crippen molar-refractivity contribution in [2.45, 2.75) is 38.4 Å². The predicted octanol–water partition coefficient (Wildman–Crippen LogP) is 4.77. The minimum Gasteiger partial charge on any atom is -0.668 e. The van der Waals surface area contributed by atoms with E-state index in [9.17, 15) is 13.2 Å². The Kier molecular flexibility index (Phi) is 3.63. The van der Waals surface area contributed by atoms with Crippen molar-refractivity contribution in [2.24, 2.45) is 0 Å². The summed E-state index contributed by atoms with van der Waals surface area (Å²) in [4.78, 5) is 0. The lowest BCUT2D eigenvalue weighted by Gasteiger charge is -2.37. The molecule has 90 valence electrons. The Balaban J connectivity index is 3.04. The number of rotatable bonds is 3. The molecule has 0 radical (unpaired) electrons. The van der Waals surface area contributed by atoms with Crippen LogP contribution < -0.4 is 0 Å². The number of hydrogen-bond acceptors (Lipinski definition) is 0. The number of benzene rings is 1. The maximum Gasteiger partial charge on any atom is 0.416 e. The van der Waals surface area contributed by atoms with Crippen LogP contribution in [0.25, 0.3) is 5.73 Å². The Morgan fingerprint density at radius 3 is 1.62 bits per heavy atom. The molecule has 0 aliphatic carbocycles. The van der Waals surface area contributed by atoms with E-state index in [-0.39, 0.29) is 0 Å². The van der Waals surface area contributed by atoms with Gasteiger partial charge < -0.3 is 5.73 Å². The molecule has 0 aromatic heterocycles. The number of hydrogen-bond donors (Lipinski definition) is 0. The molecule has 0 saturated heterocycles. The van der Waals surface area contributed by atoms with E-state index in [0.29, 0.717) is 18.4 Å². The smallest absolute Gasteiger partial charge is 0.416 e. The zero-order chi connectivity index (χ0) is 12.4. The molecule has 1 N–H and O–H groups in total. The second kappa shape index (κ2) is 4.45. The maximum atomic E-state index is 12.3. The Hall–Kier alpha value is -1.03. The van der Waals surface area contributed by atoms with E-state index in [1.165, 1.54) is 12.1 Å². The quantitative estimate of drug-likeness (QED) is 0.714. The number of alkyl halides is 3. The van der Waals surface area contributed by atoms with Gasteiger partial charge in [-0.1, -0.05) is 44.4 Å². The molecule has 0 heterocycles. The predicted molar refractivity (Wildman–Crippen MR) is 58.0 cm³/mol. The van der Waals surface area contributed by atoms with Gasteiger partial charge in [0, 0.05) is 0 Å². The highest BCUT2D eigenvalue weighted by atomic mass is 19.4. The van der Waals surface area contributed by atoms with Crippen LogP contribution in [0.5, 0.6) is 0 Å². The summed E-state index contributed by atoms with van der Waals surface area (Å²) in [5, 5.41) is 0. The van der Waals surface area contributed by atoms with Crippen molar-refractivity contribution in [2.75, 3.05) is 0 Å². The minimum atomic E-state index is -4.30. The average molecular weight is 230 g/mol. The van der Waals surface area contributed by atoms with Crippen LogP contribution in [0.1, 0.15) is 37.8 Å². The van der Waals surface area contributed by atoms with Crippen molar-refractivity contribution in [3.8, 4) is 0 Å². The van der Waals surface area contributed by atoms with Crippen molar-refractivity contribution < 1.29 is 13.2 Å². The first-order chi connectivity index (χ1) is 7.33. The molecule has 0 spiro atoms. The van der Waals surface area contributed by atoms with Crippen molar-refractivity contribution in [1.82, 2.24) is 0 Å². The third-order valence-corrected chi connectivity index (χ3v) is 2.97. The Labute approximate surface area is 93.5 Å². The fourth-order valence-corrected chi connectivity index (χ4v) is 1.64. The molecule has 1 nitrogen and oxygen atoms in total. The van der Waals surface area contributed by atoms with Crippen LogP contribution in [-0.4, -0.2) is 0 Å². The highest BCUT2D eigenvalue weighted by Crippen LogP contribution is 2.35. The normalized spacial score (nSPS) is 12.9. The second-order valence-corrected chi connectivity index (χ2v) is 3.86. The van der Waals surface area contributed by atoms with Crippen LogP contribution in [0.2, 0.25) is 0 Å². The van der Waals surface area contributed by atoms with Gasteiger partial charge in [-0.25, -0.2) is 0 Å². The van der Waals surface area contributed by atoms with Crippen LogP contribution >= 0.6 is 0 Å². The van der Waals surface area contributed by atoms with E-state index in [0.717, 1.165) is 12.1 Å². The van der Waals surface area contributed by atoms with E-state index in [1.54, 1.807) is 0 Å². The molecule has 4 heteroatoms. The van der Waals surface area contributed by atoms with Gasteiger partial charge >= 0.3 is 6.18 Å². The van der Waals surface area contributed by atoms with Crippen molar-refractivity contribution >= 4 is 0 Å². The van der Waals surface area contributed by atoms with Crippen LogP contribution in [-0.2, 0) is 11.7 Å². The molecule has 0 fully saturated rings. The van der Waals surface area contributed by atoms with Gasteiger partial charge in [0.15, 0.2) is 0 Å². The lowest BCUT2D eigenvalue weighted by Crippen LogP contribution is -2.18. The molecular weight excluding hydrogens is 215 g/mol. The molecule has 0 bridgehead atoms. The summed E-state index contributed by atoms with van der Waals surface area (Å²) in [7, 11) is 0. The topological polar surface area (TPSA) is 23.8 Å². The molecule has 0 atom stereocenters. The summed E-state index contributed by atoms with van der Waals surface area (Å²) < 4.78 is 37.0. The van der Waals surface area contributed by atoms with Crippen LogP contribution in [0.4, 0.5) is 13.2 Å². The van der Waals surface area contributed by atoms with Gasteiger partial charge in [0.2, 0.25) is 0 Å². The first kappa shape index (κ1) is 13.0. The minimum absolute atomic E-state index is 0.592. The standard InChI is InChI=1S/C12H15F3N/c1-3-11(16,4-2)9-5-7-10(8-6-9)12(13,14)15/h5-8,16H,3-4H2,1-2H3/q-1. The molecule has 1 aromatic carbocycles. The lowest BCUT2D eigenvalue weighted by molar-refractivity contribution is -0.137. The van der Waals surface area contributed by atoms with E-state index in [2.05, 4.69) is 0 Å². The number of halogens is 3. The zero-order valence-electron chi connectivity index (χ0n) is 9.36. The second-order valence-electron chi connectivity index (χ2n) is 3.86. The van der Waals surface area contributed by atoms with Gasteiger partial charge in [0.05, 0.1) is 5.56 Å². The summed E-state index contributed by atoms with van der Waals surface area (Å²) in [5.74, 6) is 0. The van der Waals surface area contributed by atoms with Crippen molar-refractivity contribution in [1.29, 1.82) is 0 Å². The van der Waals surface area contributed by atoms with Crippen LogP contribution in [0.3, 0.4) is 0 Å². The molecule has 0 unspecified atom stereocenters. The maximum absolute atomic E-state index is 12.3. The fourth-order valence-electron chi connectivity index (χ4n) is 1.64. The summed E-state index contributed by atoms with van der Waals surface area (Å²) in [6, 6.07) is 4.90.